The third-order valence-electron chi connectivity index (χ3n) is 3.45. The van der Waals surface area contributed by atoms with Crippen LogP contribution in [0.3, 0.4) is 0 Å². The molecule has 0 aromatic heterocycles. The van der Waals surface area contributed by atoms with Crippen LogP contribution in [0.2, 0.25) is 0 Å². The maximum Gasteiger partial charge on any atom is 0.115 e. The Balaban J connectivity index is 1.80. The zero-order valence-corrected chi connectivity index (χ0v) is 11.2. The fourth-order valence-corrected chi connectivity index (χ4v) is 3.15. The molecule has 2 rings (SSSR count). The molecule has 3 nitrogen and oxygen atoms in total. The Bertz CT molecular complexity index is 328. The molecule has 94 valence electrons. The SMILES string of the molecule is C[S+]([O-])N1CCC(CC2=CC=CN=CC2)CC1. The quantitative estimate of drug-likeness (QED) is 0.723. The Hall–Kier alpha value is -0.580. The van der Waals surface area contributed by atoms with Gasteiger partial charge in [0.15, 0.2) is 0 Å². The highest BCUT2D eigenvalue weighted by molar-refractivity contribution is 7.88. The van der Waals surface area contributed by atoms with Gasteiger partial charge >= 0.3 is 0 Å². The monoisotopic (exact) mass is 252 g/mol. The van der Waals surface area contributed by atoms with Gasteiger partial charge < -0.3 is 4.55 Å². The van der Waals surface area contributed by atoms with Crippen LogP contribution in [0.15, 0.2) is 28.9 Å². The fraction of sp³-hybridized carbons (Fsp3) is 0.615. The topological polar surface area (TPSA) is 38.7 Å². The summed E-state index contributed by atoms with van der Waals surface area (Å²) in [6.07, 6.45) is 14.3. The van der Waals surface area contributed by atoms with Gasteiger partial charge in [-0.15, -0.1) is 4.31 Å². The van der Waals surface area contributed by atoms with Crippen LogP contribution in [-0.4, -0.2) is 34.4 Å². The lowest BCUT2D eigenvalue weighted by Gasteiger charge is -2.30. The van der Waals surface area contributed by atoms with Crippen LogP contribution in [0.4, 0.5) is 0 Å². The van der Waals surface area contributed by atoms with Crippen LogP contribution >= 0.6 is 0 Å². The molecule has 1 saturated heterocycles. The normalized spacial score (nSPS) is 24.5. The maximum atomic E-state index is 11.3. The summed E-state index contributed by atoms with van der Waals surface area (Å²) in [7, 11) is 0. The predicted molar refractivity (Wildman–Crippen MR) is 73.3 cm³/mol. The molecule has 0 aromatic rings. The van der Waals surface area contributed by atoms with Gasteiger partial charge in [0.1, 0.15) is 6.26 Å². The fourth-order valence-electron chi connectivity index (χ4n) is 2.42. The molecule has 0 amide bonds. The lowest BCUT2D eigenvalue weighted by molar-refractivity contribution is 0.273. The first-order valence-electron chi connectivity index (χ1n) is 6.20. The summed E-state index contributed by atoms with van der Waals surface area (Å²) in [5.74, 6) is 0.751. The van der Waals surface area contributed by atoms with Crippen LogP contribution in [0.1, 0.15) is 25.7 Å². The minimum atomic E-state index is -0.790. The summed E-state index contributed by atoms with van der Waals surface area (Å²) >= 11 is -0.790. The van der Waals surface area contributed by atoms with Gasteiger partial charge in [-0.2, -0.15) is 0 Å². The second-order valence-electron chi connectivity index (χ2n) is 4.70. The summed E-state index contributed by atoms with van der Waals surface area (Å²) in [4.78, 5) is 4.14. The van der Waals surface area contributed by atoms with Crippen molar-refractivity contribution >= 4 is 17.6 Å². The molecular weight excluding hydrogens is 232 g/mol. The van der Waals surface area contributed by atoms with E-state index in [1.807, 2.05) is 18.5 Å². The van der Waals surface area contributed by atoms with Crippen LogP contribution < -0.4 is 0 Å². The zero-order chi connectivity index (χ0) is 12.1. The highest BCUT2D eigenvalue weighted by Gasteiger charge is 2.24. The molecule has 2 heterocycles. The first-order chi connectivity index (χ1) is 8.25. The summed E-state index contributed by atoms with van der Waals surface area (Å²) < 4.78 is 13.4. The maximum absolute atomic E-state index is 11.3. The van der Waals surface area contributed by atoms with E-state index in [1.165, 1.54) is 12.0 Å². The molecule has 1 atom stereocenters. The number of hydrogen-bond donors (Lipinski definition) is 0. The standard InChI is InChI=1S/C13H20N2OS/c1-17(16)15-9-5-13(6-10-15)11-12-3-2-7-14-8-4-12/h2-3,7-8,13H,4-6,9-11H2,1H3. The number of aliphatic imine (C=N–C) groups is 1. The molecule has 2 aliphatic rings. The van der Waals surface area contributed by atoms with Gasteiger partial charge in [0.2, 0.25) is 0 Å². The van der Waals surface area contributed by atoms with Gasteiger partial charge in [0.05, 0.1) is 0 Å². The molecule has 0 N–H and O–H groups in total. The van der Waals surface area contributed by atoms with Crippen molar-refractivity contribution in [1.29, 1.82) is 0 Å². The van der Waals surface area contributed by atoms with Crippen molar-refractivity contribution in [2.24, 2.45) is 10.9 Å². The van der Waals surface area contributed by atoms with E-state index < -0.39 is 11.4 Å². The number of hydrogen-bond acceptors (Lipinski definition) is 3. The molecule has 1 unspecified atom stereocenters. The van der Waals surface area contributed by atoms with Crippen molar-refractivity contribution < 1.29 is 4.55 Å². The molecule has 0 radical (unpaired) electrons. The smallest absolute Gasteiger partial charge is 0.115 e. The van der Waals surface area contributed by atoms with Crippen molar-refractivity contribution in [3.8, 4) is 0 Å². The molecule has 0 saturated carbocycles. The molecule has 0 aromatic carbocycles. The molecular formula is C13H20N2OS. The number of piperidine rings is 1. The second-order valence-corrected chi connectivity index (χ2v) is 6.07. The summed E-state index contributed by atoms with van der Waals surface area (Å²) in [6, 6.07) is 0. The Morgan fingerprint density at radius 3 is 2.94 bits per heavy atom. The van der Waals surface area contributed by atoms with E-state index >= 15 is 0 Å². The van der Waals surface area contributed by atoms with Crippen molar-refractivity contribution in [1.82, 2.24) is 4.31 Å². The third kappa shape index (κ3) is 3.98. The third-order valence-corrected chi connectivity index (χ3v) is 4.54. The Morgan fingerprint density at radius 2 is 2.24 bits per heavy atom. The number of rotatable bonds is 3. The molecule has 1 fully saturated rings. The van der Waals surface area contributed by atoms with E-state index in [0.29, 0.717) is 0 Å². The summed E-state index contributed by atoms with van der Waals surface area (Å²) in [5.41, 5.74) is 1.47. The van der Waals surface area contributed by atoms with Crippen LogP contribution in [-0.2, 0) is 11.4 Å². The Kier molecular flexibility index (Phi) is 4.83. The predicted octanol–water partition coefficient (Wildman–Crippen LogP) is 2.30. The summed E-state index contributed by atoms with van der Waals surface area (Å²) in [6.45, 7) is 1.95. The Labute approximate surface area is 107 Å². The van der Waals surface area contributed by atoms with Gasteiger partial charge in [0, 0.05) is 43.3 Å². The second kappa shape index (κ2) is 6.38. The van der Waals surface area contributed by atoms with Gasteiger partial charge in [-0.05, 0) is 31.3 Å². The van der Waals surface area contributed by atoms with Gasteiger partial charge in [-0.25, -0.2) is 0 Å². The van der Waals surface area contributed by atoms with Crippen LogP contribution in [0.5, 0.6) is 0 Å². The average Bonchev–Trinajstić information content (AvgIpc) is 2.58. The highest BCUT2D eigenvalue weighted by atomic mass is 32.2. The minimum absolute atomic E-state index is 0.751. The van der Waals surface area contributed by atoms with E-state index in [2.05, 4.69) is 15.4 Å². The van der Waals surface area contributed by atoms with Crippen molar-refractivity contribution in [3.05, 3.63) is 23.9 Å². The molecule has 0 bridgehead atoms. The van der Waals surface area contributed by atoms with E-state index in [9.17, 15) is 4.55 Å². The number of allylic oxidation sites excluding steroid dienone is 3. The molecule has 4 heteroatoms. The average molecular weight is 252 g/mol. The van der Waals surface area contributed by atoms with E-state index in [0.717, 1.165) is 38.3 Å². The summed E-state index contributed by atoms with van der Waals surface area (Å²) in [5, 5.41) is 0. The van der Waals surface area contributed by atoms with Crippen molar-refractivity contribution in [2.45, 2.75) is 25.7 Å². The highest BCUT2D eigenvalue weighted by Crippen LogP contribution is 2.26. The molecule has 0 spiro atoms. The van der Waals surface area contributed by atoms with Crippen molar-refractivity contribution in [3.63, 3.8) is 0 Å². The van der Waals surface area contributed by atoms with Gasteiger partial charge in [-0.3, -0.25) is 4.99 Å². The van der Waals surface area contributed by atoms with Gasteiger partial charge in [-0.1, -0.05) is 11.6 Å². The van der Waals surface area contributed by atoms with E-state index in [1.54, 1.807) is 6.26 Å². The van der Waals surface area contributed by atoms with E-state index in [-0.39, 0.29) is 0 Å². The van der Waals surface area contributed by atoms with Gasteiger partial charge in [0.25, 0.3) is 0 Å². The lowest BCUT2D eigenvalue weighted by Crippen LogP contribution is -2.37. The zero-order valence-electron chi connectivity index (χ0n) is 10.3. The van der Waals surface area contributed by atoms with Crippen LogP contribution in [0.25, 0.3) is 0 Å². The lowest BCUT2D eigenvalue weighted by atomic mass is 9.90. The molecule has 17 heavy (non-hydrogen) atoms. The van der Waals surface area contributed by atoms with Crippen LogP contribution in [0, 0.1) is 5.92 Å². The first kappa shape index (κ1) is 12.9. The molecule has 2 aliphatic heterocycles. The first-order valence-corrected chi connectivity index (χ1v) is 7.72. The number of nitrogens with zero attached hydrogens (tertiary/aromatic N) is 2. The van der Waals surface area contributed by atoms with E-state index in [4.69, 9.17) is 0 Å². The Morgan fingerprint density at radius 1 is 1.47 bits per heavy atom. The van der Waals surface area contributed by atoms with Crippen molar-refractivity contribution in [2.75, 3.05) is 19.3 Å². The minimum Gasteiger partial charge on any atom is -0.598 e. The molecule has 0 aliphatic carbocycles. The largest absolute Gasteiger partial charge is 0.598 e.